The molecule has 134 valence electrons. The third kappa shape index (κ3) is 2.67. The van der Waals surface area contributed by atoms with E-state index in [1.165, 1.54) is 25.8 Å². The van der Waals surface area contributed by atoms with Crippen molar-refractivity contribution in [2.75, 3.05) is 6.61 Å². The molecule has 0 saturated carbocycles. The first-order valence-electron chi connectivity index (χ1n) is 8.93. The Morgan fingerprint density at radius 2 is 1.96 bits per heavy atom. The normalized spacial score (nSPS) is 12.6. The van der Waals surface area contributed by atoms with E-state index in [0.29, 0.717) is 12.3 Å². The number of hydrogen-bond donors (Lipinski definition) is 0. The predicted octanol–water partition coefficient (Wildman–Crippen LogP) is 3.70. The fraction of sp³-hybridized carbons (Fsp3) is 0.333. The van der Waals surface area contributed by atoms with E-state index >= 15 is 0 Å². The molecule has 4 rings (SSSR count). The molecule has 0 atom stereocenters. The molecule has 3 aromatic rings. The number of hydrogen-bond acceptors (Lipinski definition) is 3. The second-order valence-corrected chi connectivity index (χ2v) is 9.01. The molecule has 0 aliphatic heterocycles. The van der Waals surface area contributed by atoms with Crippen LogP contribution in [-0.2, 0) is 24.6 Å². The van der Waals surface area contributed by atoms with Gasteiger partial charge >= 0.3 is 159 Å². The van der Waals surface area contributed by atoms with Crippen LogP contribution in [0.2, 0.25) is 0 Å². The molecule has 1 aliphatic rings. The van der Waals surface area contributed by atoms with Gasteiger partial charge in [-0.25, -0.2) is 0 Å². The van der Waals surface area contributed by atoms with Crippen molar-refractivity contribution < 1.29 is 9.53 Å². The fourth-order valence-corrected chi connectivity index (χ4v) is 6.00. The van der Waals surface area contributed by atoms with Crippen molar-refractivity contribution in [1.82, 2.24) is 9.55 Å². The van der Waals surface area contributed by atoms with Crippen molar-refractivity contribution in [1.29, 1.82) is 0 Å². The molecule has 4 nitrogen and oxygen atoms in total. The molecule has 1 aromatic carbocycles. The van der Waals surface area contributed by atoms with E-state index in [-0.39, 0.29) is 20.5 Å². The summed E-state index contributed by atoms with van der Waals surface area (Å²) in [5.41, 5.74) is 7.60. The minimum absolute atomic E-state index is 0.240. The molecule has 26 heavy (non-hydrogen) atoms. The van der Waals surface area contributed by atoms with Crippen LogP contribution in [0.4, 0.5) is 0 Å². The van der Waals surface area contributed by atoms with Gasteiger partial charge in [0.25, 0.3) is 0 Å². The second-order valence-electron chi connectivity index (χ2n) is 6.73. The van der Waals surface area contributed by atoms with Gasteiger partial charge < -0.3 is 0 Å². The van der Waals surface area contributed by atoms with Gasteiger partial charge in [-0.15, -0.1) is 0 Å². The number of ether oxygens (including phenoxy) is 1. The summed E-state index contributed by atoms with van der Waals surface area (Å²) >= 11 is 0.259. The zero-order chi connectivity index (χ0) is 18.4. The second kappa shape index (κ2) is 6.57. The number of fused-ring (bicyclic) bond motifs is 3. The van der Waals surface area contributed by atoms with Crippen molar-refractivity contribution >= 4 is 20.5 Å². The Bertz CT molecular complexity index is 996. The number of nitrogens with zero attached hydrogens (tertiary/aromatic N) is 2. The van der Waals surface area contributed by atoms with E-state index in [4.69, 9.17) is 9.72 Å². The maximum atomic E-state index is 12.4. The van der Waals surface area contributed by atoms with Crippen LogP contribution in [0.3, 0.4) is 0 Å². The Kier molecular flexibility index (Phi) is 4.37. The van der Waals surface area contributed by atoms with Gasteiger partial charge in [0.15, 0.2) is 0 Å². The van der Waals surface area contributed by atoms with Gasteiger partial charge in [0.1, 0.15) is 0 Å². The Morgan fingerprint density at radius 3 is 2.65 bits per heavy atom. The molecule has 0 amide bonds. The van der Waals surface area contributed by atoms with Crippen molar-refractivity contribution in [3.8, 4) is 21.4 Å². The molecule has 0 unspecified atom stereocenters. The Hall–Kier alpha value is -2.10. The van der Waals surface area contributed by atoms with Crippen LogP contribution in [0.25, 0.3) is 21.4 Å². The first-order valence-corrected chi connectivity index (χ1v) is 10.6. The van der Waals surface area contributed by atoms with E-state index in [9.17, 15) is 4.79 Å². The zero-order valence-corrected chi connectivity index (χ0v) is 17.3. The average Bonchev–Trinajstić information content (AvgIpc) is 3.15. The van der Waals surface area contributed by atoms with Crippen LogP contribution in [-0.4, -0.2) is 36.6 Å². The van der Waals surface area contributed by atoms with E-state index in [0.717, 1.165) is 29.7 Å². The van der Waals surface area contributed by atoms with Gasteiger partial charge in [0.2, 0.25) is 0 Å². The summed E-state index contributed by atoms with van der Waals surface area (Å²) in [4.78, 5) is 17.5. The molecular weight excluding hydrogens is 391 g/mol. The van der Waals surface area contributed by atoms with Crippen molar-refractivity contribution in [2.45, 2.75) is 33.6 Å². The minimum atomic E-state index is -0.240. The Balaban J connectivity index is 1.84. The Labute approximate surface area is 159 Å². The van der Waals surface area contributed by atoms with Crippen LogP contribution in [0.1, 0.15) is 38.7 Å². The summed E-state index contributed by atoms with van der Waals surface area (Å²) in [6.07, 6.45) is 1.99. The molecule has 0 fully saturated rings. The summed E-state index contributed by atoms with van der Waals surface area (Å²) in [5.74, 6) is -0.240. The SMILES string of the molecule is CCOC(=O)c1c(C)c2c(n1C)CCc1[se]c(-c3ccc(C)cc3)nc1-2. The van der Waals surface area contributed by atoms with Gasteiger partial charge in [-0.2, -0.15) is 0 Å². The number of esters is 1. The number of carbonyl (C=O) groups excluding carboxylic acids is 1. The van der Waals surface area contributed by atoms with E-state index in [1.807, 2.05) is 25.5 Å². The molecule has 1 aliphatic carbocycles. The predicted molar refractivity (Wildman–Crippen MR) is 104 cm³/mol. The van der Waals surface area contributed by atoms with Gasteiger partial charge in [-0.3, -0.25) is 0 Å². The van der Waals surface area contributed by atoms with Crippen molar-refractivity contribution in [2.24, 2.45) is 7.05 Å². The maximum absolute atomic E-state index is 12.4. The fourth-order valence-electron chi connectivity index (χ4n) is 3.75. The number of rotatable bonds is 3. The summed E-state index contributed by atoms with van der Waals surface area (Å²) in [6.45, 7) is 6.36. The van der Waals surface area contributed by atoms with Crippen LogP contribution < -0.4 is 0 Å². The summed E-state index contributed by atoms with van der Waals surface area (Å²) in [5, 5.41) is 0. The van der Waals surface area contributed by atoms with E-state index in [1.54, 1.807) is 0 Å². The molecule has 5 heteroatoms. The van der Waals surface area contributed by atoms with Crippen LogP contribution in [0, 0.1) is 13.8 Å². The Morgan fingerprint density at radius 1 is 1.23 bits per heavy atom. The molecule has 2 heterocycles. The van der Waals surface area contributed by atoms with E-state index < -0.39 is 0 Å². The van der Waals surface area contributed by atoms with Crippen LogP contribution in [0.5, 0.6) is 0 Å². The van der Waals surface area contributed by atoms with Crippen molar-refractivity contribution in [3.05, 3.63) is 51.2 Å². The average molecular weight is 413 g/mol. The number of carbonyl (C=O) groups is 1. The quantitative estimate of drug-likeness (QED) is 0.486. The van der Waals surface area contributed by atoms with E-state index in [2.05, 4.69) is 31.2 Å². The van der Waals surface area contributed by atoms with Crippen molar-refractivity contribution in [3.63, 3.8) is 0 Å². The molecule has 0 N–H and O–H groups in total. The zero-order valence-electron chi connectivity index (χ0n) is 15.5. The molecule has 0 spiro atoms. The molecule has 0 bridgehead atoms. The van der Waals surface area contributed by atoms with Gasteiger partial charge in [0.05, 0.1) is 0 Å². The van der Waals surface area contributed by atoms with Gasteiger partial charge in [-0.05, 0) is 0 Å². The third-order valence-electron chi connectivity index (χ3n) is 5.05. The van der Waals surface area contributed by atoms with Gasteiger partial charge in [-0.1, -0.05) is 0 Å². The number of aryl methyl sites for hydroxylation is 2. The summed E-state index contributed by atoms with van der Waals surface area (Å²) in [6, 6.07) is 8.61. The number of aromatic nitrogens is 2. The molecule has 2 aromatic heterocycles. The molecule has 0 saturated heterocycles. The monoisotopic (exact) mass is 414 g/mol. The standard InChI is InChI=1S/C21H22N2O2Se/c1-5-25-21(24)19-13(3)17-15(23(19)4)10-11-16-18(17)22-20(26-16)14-8-6-12(2)7-9-14/h6-9H,5,10-11H2,1-4H3. The molecule has 0 radical (unpaired) electrons. The van der Waals surface area contributed by atoms with Gasteiger partial charge in [0, 0.05) is 0 Å². The third-order valence-corrected chi connectivity index (χ3v) is 7.49. The molecular formula is C21H22N2O2Se. The topological polar surface area (TPSA) is 44.1 Å². The number of benzene rings is 1. The van der Waals surface area contributed by atoms with Crippen LogP contribution >= 0.6 is 0 Å². The summed E-state index contributed by atoms with van der Waals surface area (Å²) < 4.78 is 9.93. The van der Waals surface area contributed by atoms with Crippen LogP contribution in [0.15, 0.2) is 24.3 Å². The summed E-state index contributed by atoms with van der Waals surface area (Å²) in [7, 11) is 1.97. The first-order chi connectivity index (χ1) is 12.5. The first kappa shape index (κ1) is 17.3.